The Morgan fingerprint density at radius 2 is 1.81 bits per heavy atom. The van der Waals surface area contributed by atoms with Crippen LogP contribution in [0.5, 0.6) is 0 Å². The third-order valence-corrected chi connectivity index (χ3v) is 4.34. The van der Waals surface area contributed by atoms with Crippen LogP contribution < -0.4 is 11.1 Å². The number of hydrogen-bond donors (Lipinski definition) is 2. The van der Waals surface area contributed by atoms with Gasteiger partial charge in [0.1, 0.15) is 0 Å². The van der Waals surface area contributed by atoms with Gasteiger partial charge in [-0.15, -0.1) is 0 Å². The largest absolute Gasteiger partial charge is 0.355 e. The molecule has 1 saturated carbocycles. The van der Waals surface area contributed by atoms with Crippen LogP contribution in [0.15, 0.2) is 0 Å². The number of nitrogens with two attached hydrogens (primary N) is 1. The summed E-state index contributed by atoms with van der Waals surface area (Å²) in [4.78, 5) is 26.6. The van der Waals surface area contributed by atoms with Gasteiger partial charge in [0, 0.05) is 19.6 Å². The van der Waals surface area contributed by atoms with Gasteiger partial charge in [-0.3, -0.25) is 9.59 Å². The van der Waals surface area contributed by atoms with Crippen LogP contribution >= 0.6 is 0 Å². The maximum Gasteiger partial charge on any atom is 0.239 e. The summed E-state index contributed by atoms with van der Waals surface area (Å²) < 4.78 is 0. The van der Waals surface area contributed by atoms with Gasteiger partial charge in [-0.2, -0.15) is 0 Å². The fourth-order valence-electron chi connectivity index (χ4n) is 3.09. The summed E-state index contributed by atoms with van der Waals surface area (Å²) in [5.74, 6) is 0.0137. The minimum absolute atomic E-state index is 0.0679. The summed E-state index contributed by atoms with van der Waals surface area (Å²) in [5, 5.41) is 2.85. The van der Waals surface area contributed by atoms with E-state index in [0.29, 0.717) is 19.6 Å². The fraction of sp³-hybridized carbons (Fsp3) is 0.875. The highest BCUT2D eigenvalue weighted by Crippen LogP contribution is 2.37. The van der Waals surface area contributed by atoms with E-state index >= 15 is 0 Å². The molecule has 1 fully saturated rings. The molecule has 5 heteroatoms. The molecule has 122 valence electrons. The number of nitrogens with zero attached hydrogens (tertiary/aromatic N) is 1. The molecule has 0 saturated heterocycles. The van der Waals surface area contributed by atoms with Crippen molar-refractivity contribution in [2.75, 3.05) is 26.2 Å². The maximum absolute atomic E-state index is 12.9. The van der Waals surface area contributed by atoms with Crippen molar-refractivity contribution in [3.05, 3.63) is 0 Å². The second-order valence-electron chi connectivity index (χ2n) is 6.12. The SMILES string of the molecule is CCCNC(=O)CN(CCC)C(=O)C1(CN)CCCCC1. The zero-order valence-electron chi connectivity index (χ0n) is 13.6. The summed E-state index contributed by atoms with van der Waals surface area (Å²) >= 11 is 0. The van der Waals surface area contributed by atoms with E-state index in [-0.39, 0.29) is 18.4 Å². The lowest BCUT2D eigenvalue weighted by Gasteiger charge is -2.38. The molecule has 0 unspecified atom stereocenters. The Balaban J connectivity index is 2.72. The molecule has 0 heterocycles. The van der Waals surface area contributed by atoms with Crippen LogP contribution in [0.4, 0.5) is 0 Å². The standard InChI is InChI=1S/C16H31N3O2/c1-3-10-18-14(20)12-19(11-4-2)15(21)16(13-17)8-6-5-7-9-16/h3-13,17H2,1-2H3,(H,18,20). The number of carbonyl (C=O) groups is 2. The van der Waals surface area contributed by atoms with E-state index < -0.39 is 5.41 Å². The van der Waals surface area contributed by atoms with E-state index in [9.17, 15) is 9.59 Å². The van der Waals surface area contributed by atoms with E-state index in [4.69, 9.17) is 5.73 Å². The molecule has 0 aromatic carbocycles. The predicted octanol–water partition coefficient (Wildman–Crippen LogP) is 1.66. The molecule has 0 spiro atoms. The van der Waals surface area contributed by atoms with Crippen LogP contribution in [0.25, 0.3) is 0 Å². The Bertz CT molecular complexity index is 338. The van der Waals surface area contributed by atoms with Gasteiger partial charge in [0.2, 0.25) is 11.8 Å². The van der Waals surface area contributed by atoms with Crippen molar-refractivity contribution in [3.8, 4) is 0 Å². The zero-order chi connectivity index (χ0) is 15.7. The van der Waals surface area contributed by atoms with Gasteiger partial charge < -0.3 is 16.0 Å². The first-order chi connectivity index (χ1) is 10.1. The molecule has 0 aromatic heterocycles. The average molecular weight is 297 g/mol. The van der Waals surface area contributed by atoms with Crippen molar-refractivity contribution in [3.63, 3.8) is 0 Å². The molecular weight excluding hydrogens is 266 g/mol. The summed E-state index contributed by atoms with van der Waals surface area (Å²) in [7, 11) is 0. The van der Waals surface area contributed by atoms with Crippen LogP contribution in [0, 0.1) is 5.41 Å². The van der Waals surface area contributed by atoms with E-state index in [1.54, 1.807) is 4.90 Å². The molecule has 1 rings (SSSR count). The first kappa shape index (κ1) is 18.0. The van der Waals surface area contributed by atoms with Crippen LogP contribution in [0.1, 0.15) is 58.8 Å². The van der Waals surface area contributed by atoms with Crippen LogP contribution in [0.2, 0.25) is 0 Å². The third kappa shape index (κ3) is 4.99. The second-order valence-corrected chi connectivity index (χ2v) is 6.12. The molecule has 1 aliphatic carbocycles. The van der Waals surface area contributed by atoms with E-state index in [2.05, 4.69) is 5.32 Å². The second kappa shape index (κ2) is 9.03. The minimum Gasteiger partial charge on any atom is -0.355 e. The van der Waals surface area contributed by atoms with Gasteiger partial charge in [0.05, 0.1) is 12.0 Å². The lowest BCUT2D eigenvalue weighted by molar-refractivity contribution is -0.146. The Hall–Kier alpha value is -1.10. The molecular formula is C16H31N3O2. The molecule has 0 atom stereocenters. The number of hydrogen-bond acceptors (Lipinski definition) is 3. The Labute approximate surface area is 128 Å². The van der Waals surface area contributed by atoms with Crippen molar-refractivity contribution in [1.82, 2.24) is 10.2 Å². The normalized spacial score (nSPS) is 17.3. The maximum atomic E-state index is 12.9. The molecule has 0 bridgehead atoms. The Morgan fingerprint density at radius 3 is 2.33 bits per heavy atom. The first-order valence-electron chi connectivity index (χ1n) is 8.35. The summed E-state index contributed by atoms with van der Waals surface area (Å²) in [5.41, 5.74) is 5.50. The highest BCUT2D eigenvalue weighted by atomic mass is 16.2. The molecule has 0 radical (unpaired) electrons. The average Bonchev–Trinajstić information content (AvgIpc) is 2.52. The van der Waals surface area contributed by atoms with Gasteiger partial charge in [-0.05, 0) is 25.7 Å². The Morgan fingerprint density at radius 1 is 1.14 bits per heavy atom. The molecule has 1 aliphatic rings. The highest BCUT2D eigenvalue weighted by Gasteiger charge is 2.40. The van der Waals surface area contributed by atoms with Crippen molar-refractivity contribution in [1.29, 1.82) is 0 Å². The van der Waals surface area contributed by atoms with Crippen molar-refractivity contribution < 1.29 is 9.59 Å². The highest BCUT2D eigenvalue weighted by molar-refractivity contribution is 5.88. The number of rotatable bonds is 8. The third-order valence-electron chi connectivity index (χ3n) is 4.34. The molecule has 5 nitrogen and oxygen atoms in total. The minimum atomic E-state index is -0.432. The first-order valence-corrected chi connectivity index (χ1v) is 8.35. The zero-order valence-corrected chi connectivity index (χ0v) is 13.6. The number of carbonyl (C=O) groups excluding carboxylic acids is 2. The molecule has 0 aliphatic heterocycles. The smallest absolute Gasteiger partial charge is 0.239 e. The van der Waals surface area contributed by atoms with Crippen LogP contribution in [0.3, 0.4) is 0 Å². The molecule has 21 heavy (non-hydrogen) atoms. The lowest BCUT2D eigenvalue weighted by atomic mass is 9.73. The quantitative estimate of drug-likeness (QED) is 0.715. The lowest BCUT2D eigenvalue weighted by Crippen LogP contribution is -2.52. The molecule has 2 amide bonds. The topological polar surface area (TPSA) is 75.4 Å². The monoisotopic (exact) mass is 297 g/mol. The van der Waals surface area contributed by atoms with Crippen LogP contribution in [-0.4, -0.2) is 42.9 Å². The van der Waals surface area contributed by atoms with Gasteiger partial charge >= 0.3 is 0 Å². The van der Waals surface area contributed by atoms with Gasteiger partial charge in [0.15, 0.2) is 0 Å². The summed E-state index contributed by atoms with van der Waals surface area (Å²) in [6, 6.07) is 0. The van der Waals surface area contributed by atoms with Gasteiger partial charge in [-0.1, -0.05) is 33.1 Å². The molecule has 3 N–H and O–H groups in total. The van der Waals surface area contributed by atoms with Gasteiger partial charge in [0.25, 0.3) is 0 Å². The summed E-state index contributed by atoms with van der Waals surface area (Å²) in [6.45, 7) is 5.88. The van der Waals surface area contributed by atoms with E-state index in [1.165, 1.54) is 6.42 Å². The predicted molar refractivity (Wildman–Crippen MR) is 84.7 cm³/mol. The van der Waals surface area contributed by atoms with E-state index in [0.717, 1.165) is 38.5 Å². The van der Waals surface area contributed by atoms with E-state index in [1.807, 2.05) is 13.8 Å². The molecule has 0 aromatic rings. The van der Waals surface area contributed by atoms with Crippen molar-refractivity contribution in [2.45, 2.75) is 58.8 Å². The Kier molecular flexibility index (Phi) is 7.72. The number of nitrogens with one attached hydrogen (secondary N) is 1. The number of amides is 2. The fourth-order valence-corrected chi connectivity index (χ4v) is 3.09. The van der Waals surface area contributed by atoms with Crippen molar-refractivity contribution in [2.24, 2.45) is 11.1 Å². The van der Waals surface area contributed by atoms with Crippen LogP contribution in [-0.2, 0) is 9.59 Å². The summed E-state index contributed by atoms with van der Waals surface area (Å²) in [6.07, 6.45) is 6.78. The van der Waals surface area contributed by atoms with Gasteiger partial charge in [-0.25, -0.2) is 0 Å². The van der Waals surface area contributed by atoms with Crippen molar-refractivity contribution >= 4 is 11.8 Å².